The van der Waals surface area contributed by atoms with E-state index in [9.17, 15) is 9.59 Å². The predicted molar refractivity (Wildman–Crippen MR) is 86.7 cm³/mol. The molecule has 24 heavy (non-hydrogen) atoms. The van der Waals surface area contributed by atoms with E-state index < -0.39 is 11.9 Å². The molecule has 0 aliphatic heterocycles. The molecule has 0 atom stereocenters. The first kappa shape index (κ1) is 15.9. The lowest BCUT2D eigenvalue weighted by Crippen LogP contribution is -2.07. The largest absolute Gasteiger partial charge is 0.465 e. The minimum absolute atomic E-state index is 0.00641. The Labute approximate surface area is 141 Å². The molecule has 0 amide bonds. The molecule has 3 rings (SSSR count). The Bertz CT molecular complexity index is 836. The lowest BCUT2D eigenvalue weighted by molar-refractivity contribution is 0.0463. The van der Waals surface area contributed by atoms with Crippen LogP contribution in [-0.4, -0.2) is 24.2 Å². The highest BCUT2D eigenvalue weighted by Crippen LogP contribution is 2.25. The van der Waals surface area contributed by atoms with Crippen LogP contribution in [0.4, 0.5) is 0 Å². The third-order valence-corrected chi connectivity index (χ3v) is 4.10. The quantitative estimate of drug-likeness (QED) is 0.659. The van der Waals surface area contributed by atoms with Gasteiger partial charge in [0.2, 0.25) is 0 Å². The molecule has 0 fully saturated rings. The molecule has 0 aliphatic rings. The number of aromatic nitrogens is 1. The molecule has 0 radical (unpaired) electrons. The first-order valence-corrected chi connectivity index (χ1v) is 7.90. The van der Waals surface area contributed by atoms with Crippen molar-refractivity contribution >= 4 is 23.3 Å². The zero-order valence-corrected chi connectivity index (χ0v) is 13.5. The SMILES string of the molecule is COC(=O)c1ccc(C(=O)OCc2cc(-c3cccs3)on2)cc1. The molecule has 0 N–H and O–H groups in total. The fraction of sp³-hybridized carbons (Fsp3) is 0.118. The molecule has 3 aromatic rings. The van der Waals surface area contributed by atoms with Crippen LogP contribution < -0.4 is 0 Å². The fourth-order valence-electron chi connectivity index (χ4n) is 2.00. The molecule has 0 aliphatic carbocycles. The van der Waals surface area contributed by atoms with E-state index in [1.54, 1.807) is 6.07 Å². The first-order valence-electron chi connectivity index (χ1n) is 7.02. The van der Waals surface area contributed by atoms with Crippen LogP contribution in [0.25, 0.3) is 10.6 Å². The Balaban J connectivity index is 1.60. The number of benzene rings is 1. The van der Waals surface area contributed by atoms with Gasteiger partial charge in [0.25, 0.3) is 0 Å². The molecule has 2 aromatic heterocycles. The first-order chi connectivity index (χ1) is 11.7. The number of hydrogen-bond acceptors (Lipinski definition) is 7. The summed E-state index contributed by atoms with van der Waals surface area (Å²) >= 11 is 1.54. The summed E-state index contributed by atoms with van der Waals surface area (Å²) in [6.45, 7) is 0.00641. The standard InChI is InChI=1S/C17H13NO5S/c1-21-16(19)11-4-6-12(7-5-11)17(20)22-10-13-9-14(23-18-13)15-3-2-8-24-15/h2-9H,10H2,1H3. The fourth-order valence-corrected chi connectivity index (χ4v) is 2.67. The monoisotopic (exact) mass is 343 g/mol. The highest BCUT2D eigenvalue weighted by molar-refractivity contribution is 7.13. The van der Waals surface area contributed by atoms with Gasteiger partial charge in [-0.05, 0) is 35.7 Å². The highest BCUT2D eigenvalue weighted by atomic mass is 32.1. The van der Waals surface area contributed by atoms with Crippen molar-refractivity contribution in [2.75, 3.05) is 7.11 Å². The van der Waals surface area contributed by atoms with Gasteiger partial charge in [-0.2, -0.15) is 0 Å². The Kier molecular flexibility index (Phi) is 4.72. The van der Waals surface area contributed by atoms with Gasteiger partial charge in [-0.3, -0.25) is 0 Å². The van der Waals surface area contributed by atoms with E-state index >= 15 is 0 Å². The predicted octanol–water partition coefficient (Wildman–Crippen LogP) is 3.55. The molecular formula is C17H13NO5S. The van der Waals surface area contributed by atoms with E-state index in [2.05, 4.69) is 9.89 Å². The summed E-state index contributed by atoms with van der Waals surface area (Å²) in [7, 11) is 1.30. The second-order valence-electron chi connectivity index (χ2n) is 4.80. The maximum atomic E-state index is 12.0. The van der Waals surface area contributed by atoms with Gasteiger partial charge in [0.15, 0.2) is 5.76 Å². The Hall–Kier alpha value is -2.93. The van der Waals surface area contributed by atoms with E-state index in [1.807, 2.05) is 17.5 Å². The van der Waals surface area contributed by atoms with Gasteiger partial charge in [0, 0.05) is 6.07 Å². The maximum Gasteiger partial charge on any atom is 0.338 e. The Morgan fingerprint density at radius 3 is 2.46 bits per heavy atom. The Morgan fingerprint density at radius 2 is 1.83 bits per heavy atom. The van der Waals surface area contributed by atoms with Crippen LogP contribution in [0, 0.1) is 0 Å². The highest BCUT2D eigenvalue weighted by Gasteiger charge is 2.12. The molecule has 0 saturated heterocycles. The number of carbonyl (C=O) groups excluding carboxylic acids is 2. The van der Waals surface area contributed by atoms with E-state index in [0.29, 0.717) is 22.6 Å². The topological polar surface area (TPSA) is 78.6 Å². The molecule has 0 spiro atoms. The Morgan fingerprint density at radius 1 is 1.12 bits per heavy atom. The second-order valence-corrected chi connectivity index (χ2v) is 5.75. The number of ether oxygens (including phenoxy) is 2. The van der Waals surface area contributed by atoms with Crippen LogP contribution in [0.3, 0.4) is 0 Å². The van der Waals surface area contributed by atoms with E-state index in [4.69, 9.17) is 9.26 Å². The minimum atomic E-state index is -0.507. The molecule has 0 saturated carbocycles. The van der Waals surface area contributed by atoms with Crippen LogP contribution in [-0.2, 0) is 16.1 Å². The van der Waals surface area contributed by atoms with Crippen molar-refractivity contribution in [3.8, 4) is 10.6 Å². The second kappa shape index (κ2) is 7.10. The van der Waals surface area contributed by atoms with Crippen LogP contribution >= 0.6 is 11.3 Å². The van der Waals surface area contributed by atoms with Gasteiger partial charge in [-0.15, -0.1) is 11.3 Å². The maximum absolute atomic E-state index is 12.0. The van der Waals surface area contributed by atoms with Crippen LogP contribution in [0.15, 0.2) is 52.4 Å². The van der Waals surface area contributed by atoms with Crippen molar-refractivity contribution in [3.05, 3.63) is 64.7 Å². The summed E-state index contributed by atoms with van der Waals surface area (Å²) < 4.78 is 15.0. The zero-order valence-electron chi connectivity index (χ0n) is 12.7. The lowest BCUT2D eigenvalue weighted by atomic mass is 10.1. The van der Waals surface area contributed by atoms with Crippen LogP contribution in [0.5, 0.6) is 0 Å². The smallest absolute Gasteiger partial charge is 0.338 e. The normalized spacial score (nSPS) is 10.4. The number of thiophene rings is 1. The van der Waals surface area contributed by atoms with Crippen molar-refractivity contribution in [1.82, 2.24) is 5.16 Å². The van der Waals surface area contributed by atoms with Gasteiger partial charge in [0.1, 0.15) is 12.3 Å². The third kappa shape index (κ3) is 3.52. The van der Waals surface area contributed by atoms with Crippen LogP contribution in [0.2, 0.25) is 0 Å². The number of rotatable bonds is 5. The van der Waals surface area contributed by atoms with Crippen molar-refractivity contribution in [1.29, 1.82) is 0 Å². The summed E-state index contributed by atoms with van der Waals surface area (Å²) in [5.74, 6) is -0.329. The number of nitrogens with zero attached hydrogens (tertiary/aromatic N) is 1. The summed E-state index contributed by atoms with van der Waals surface area (Å²) in [5, 5.41) is 5.82. The summed E-state index contributed by atoms with van der Waals surface area (Å²) in [4.78, 5) is 24.3. The van der Waals surface area contributed by atoms with Gasteiger partial charge in [0.05, 0.1) is 23.1 Å². The van der Waals surface area contributed by atoms with Crippen molar-refractivity contribution in [3.63, 3.8) is 0 Å². The number of esters is 2. The zero-order chi connectivity index (χ0) is 16.9. The summed E-state index contributed by atoms with van der Waals surface area (Å²) in [6.07, 6.45) is 0. The number of hydrogen-bond donors (Lipinski definition) is 0. The third-order valence-electron chi connectivity index (χ3n) is 3.22. The van der Waals surface area contributed by atoms with Gasteiger partial charge < -0.3 is 14.0 Å². The number of carbonyl (C=O) groups is 2. The molecule has 0 bridgehead atoms. The van der Waals surface area contributed by atoms with Crippen molar-refractivity contribution in [2.24, 2.45) is 0 Å². The average molecular weight is 343 g/mol. The summed E-state index contributed by atoms with van der Waals surface area (Å²) in [6, 6.07) is 11.6. The molecule has 2 heterocycles. The van der Waals surface area contributed by atoms with E-state index in [1.165, 1.54) is 42.7 Å². The van der Waals surface area contributed by atoms with Crippen molar-refractivity contribution < 1.29 is 23.6 Å². The average Bonchev–Trinajstić information content (AvgIpc) is 3.30. The minimum Gasteiger partial charge on any atom is -0.465 e. The summed E-state index contributed by atoms with van der Waals surface area (Å²) in [5.41, 5.74) is 1.23. The van der Waals surface area contributed by atoms with Gasteiger partial charge in [-0.25, -0.2) is 9.59 Å². The number of methoxy groups -OCH3 is 1. The lowest BCUT2D eigenvalue weighted by Gasteiger charge is -2.03. The van der Waals surface area contributed by atoms with Crippen LogP contribution in [0.1, 0.15) is 26.4 Å². The van der Waals surface area contributed by atoms with E-state index in [0.717, 1.165) is 4.88 Å². The molecule has 0 unspecified atom stereocenters. The molecule has 122 valence electrons. The van der Waals surface area contributed by atoms with E-state index in [-0.39, 0.29) is 6.61 Å². The van der Waals surface area contributed by atoms with Gasteiger partial charge >= 0.3 is 11.9 Å². The van der Waals surface area contributed by atoms with Gasteiger partial charge in [-0.1, -0.05) is 11.2 Å². The molecule has 7 heteroatoms. The molecule has 6 nitrogen and oxygen atoms in total. The molecular weight excluding hydrogens is 330 g/mol. The molecule has 1 aromatic carbocycles. The van der Waals surface area contributed by atoms with Crippen molar-refractivity contribution in [2.45, 2.75) is 6.61 Å².